The van der Waals surface area contributed by atoms with Gasteiger partial charge in [-0.2, -0.15) is 0 Å². The van der Waals surface area contributed by atoms with E-state index in [0.717, 1.165) is 132 Å². The number of carbonyl (C=O) groups excluding carboxylic acids is 2. The van der Waals surface area contributed by atoms with Gasteiger partial charge >= 0.3 is 0 Å². The van der Waals surface area contributed by atoms with Gasteiger partial charge in [0, 0.05) is 83.2 Å². The van der Waals surface area contributed by atoms with E-state index in [4.69, 9.17) is 90.2 Å². The molecule has 8 aromatic rings. The summed E-state index contributed by atoms with van der Waals surface area (Å²) < 4.78 is 0. The summed E-state index contributed by atoms with van der Waals surface area (Å²) >= 11 is 31.1. The van der Waals surface area contributed by atoms with E-state index in [1.54, 1.807) is 0 Å². The second-order valence-electron chi connectivity index (χ2n) is 22.6. The van der Waals surface area contributed by atoms with Crippen molar-refractivity contribution in [3.63, 3.8) is 0 Å². The van der Waals surface area contributed by atoms with Crippen molar-refractivity contribution in [1.29, 1.82) is 0 Å². The van der Waals surface area contributed by atoms with Crippen LogP contribution in [0.15, 0.2) is 146 Å². The van der Waals surface area contributed by atoms with Crippen molar-refractivity contribution in [1.82, 2.24) is 49.3 Å². The third-order valence-corrected chi connectivity index (χ3v) is 16.8. The molecule has 460 valence electrons. The molecule has 2 amide bonds. The van der Waals surface area contributed by atoms with Gasteiger partial charge in [-0.3, -0.25) is 29.2 Å². The molecular formula is C66H79Cl5N14O2. The Morgan fingerprint density at radius 3 is 1.24 bits per heavy atom. The fourth-order valence-electron chi connectivity index (χ4n) is 10.9. The normalized spacial score (nSPS) is 15.1. The van der Waals surface area contributed by atoms with Gasteiger partial charge < -0.3 is 32.3 Å². The SMILES string of the molecule is CN(C)CCC[C@H](N)C(N)=O.CN(C)CCC[C@H](Nc1nc(CN2CCN(C(c3ccc(Cl)cc3)c3ccc(Cl)cc3)CC2)nc2ccccc12)C(N)=O.Clc1ccc(C(c2ccc(Cl)cc2)N2CCN(Cc3nc(Cl)c4ccccc4n3)CC2)cc1. The molecule has 2 atom stereocenters. The summed E-state index contributed by atoms with van der Waals surface area (Å²) in [7, 11) is 8.00. The van der Waals surface area contributed by atoms with E-state index in [2.05, 4.69) is 83.3 Å². The number of halogens is 5. The number of amides is 2. The van der Waals surface area contributed by atoms with E-state index in [-0.39, 0.29) is 18.0 Å². The number of aromatic nitrogens is 4. The van der Waals surface area contributed by atoms with Crippen molar-refractivity contribution < 1.29 is 9.59 Å². The second kappa shape index (κ2) is 32.9. The molecule has 0 spiro atoms. The van der Waals surface area contributed by atoms with E-state index in [9.17, 15) is 9.59 Å². The Labute approximate surface area is 536 Å². The van der Waals surface area contributed by atoms with Crippen LogP contribution in [0.4, 0.5) is 5.82 Å². The number of nitrogens with zero attached hydrogens (tertiary/aromatic N) is 10. The lowest BCUT2D eigenvalue weighted by Gasteiger charge is -2.39. The average molecular weight is 1280 g/mol. The molecule has 16 nitrogen and oxygen atoms in total. The van der Waals surface area contributed by atoms with Crippen molar-refractivity contribution >= 4 is 97.4 Å². The number of primary amides is 2. The predicted octanol–water partition coefficient (Wildman–Crippen LogP) is 11.1. The molecule has 87 heavy (non-hydrogen) atoms. The van der Waals surface area contributed by atoms with E-state index < -0.39 is 18.0 Å². The van der Waals surface area contributed by atoms with Gasteiger partial charge in [-0.05, 0) is 162 Å². The molecule has 0 unspecified atom stereocenters. The number of hydrogen-bond acceptors (Lipinski definition) is 14. The van der Waals surface area contributed by atoms with Crippen molar-refractivity contribution in [3.05, 3.63) is 205 Å². The number of fused-ring (bicyclic) bond motifs is 2. The molecular weight excluding hydrogens is 1200 g/mol. The lowest BCUT2D eigenvalue weighted by atomic mass is 9.96. The molecule has 0 bridgehead atoms. The molecule has 2 saturated heterocycles. The fourth-order valence-corrected chi connectivity index (χ4v) is 11.6. The van der Waals surface area contributed by atoms with Gasteiger partial charge in [-0.1, -0.05) is 131 Å². The number of benzene rings is 6. The molecule has 0 aliphatic carbocycles. The summed E-state index contributed by atoms with van der Waals surface area (Å²) in [4.78, 5) is 55.7. The summed E-state index contributed by atoms with van der Waals surface area (Å²) in [6.45, 7) is 10.3. The van der Waals surface area contributed by atoms with Crippen LogP contribution in [0, 0.1) is 0 Å². The van der Waals surface area contributed by atoms with Crippen LogP contribution in [0.5, 0.6) is 0 Å². The summed E-state index contributed by atoms with van der Waals surface area (Å²) in [5, 5.41) is 8.57. The smallest absolute Gasteiger partial charge is 0.239 e. The Bertz CT molecular complexity index is 3370. The predicted molar refractivity (Wildman–Crippen MR) is 357 cm³/mol. The first-order chi connectivity index (χ1) is 41.9. The highest BCUT2D eigenvalue weighted by molar-refractivity contribution is 6.34. The van der Waals surface area contributed by atoms with Crippen molar-refractivity contribution in [2.45, 2.75) is 62.9 Å². The third-order valence-electron chi connectivity index (χ3n) is 15.5. The number of rotatable bonds is 22. The zero-order chi connectivity index (χ0) is 62.0. The van der Waals surface area contributed by atoms with Crippen molar-refractivity contribution in [3.8, 4) is 0 Å². The van der Waals surface area contributed by atoms with Gasteiger partial charge in [-0.25, -0.2) is 19.9 Å². The first kappa shape index (κ1) is 66.9. The summed E-state index contributed by atoms with van der Waals surface area (Å²) in [5.74, 6) is 1.34. The summed E-state index contributed by atoms with van der Waals surface area (Å²) in [5.41, 5.74) is 22.7. The maximum Gasteiger partial charge on any atom is 0.239 e. The quantitative estimate of drug-likeness (QED) is 0.0468. The standard InChI is InChI=1S/C33H39Cl2N7O.C26H23Cl3N4.C7H17N3O/c1-40(2)17-5-8-29(32(36)43)38-33-27-6-3-4-7-28(27)37-30(39-33)22-41-18-20-42(21-19-41)31(23-9-13-25(34)14-10-23)24-11-15-26(35)16-12-24;27-20-9-5-18(6-10-20)25(19-7-11-21(28)12-8-19)33-15-13-32(14-16-33)17-24-30-23-4-2-1-3-22(23)26(29)31-24;1-10(2)5-3-4-6(8)7(9)11/h3-4,6-7,9-16,29,31H,5,8,17-22H2,1-2H3,(H2,36,43)(H,37,38,39);1-12,25H,13-17H2;6H,3-5,8H2,1-2H3,(H2,9,11)/t29-;;6-/m0.0/s1. The first-order valence-electron chi connectivity index (χ1n) is 29.4. The molecule has 2 aliphatic heterocycles. The number of carbonyl (C=O) groups is 2. The molecule has 10 rings (SSSR count). The molecule has 4 heterocycles. The Morgan fingerprint density at radius 1 is 0.483 bits per heavy atom. The van der Waals surface area contributed by atoms with E-state index in [1.165, 1.54) is 22.3 Å². The van der Waals surface area contributed by atoms with Crippen LogP contribution in [0.2, 0.25) is 25.2 Å². The summed E-state index contributed by atoms with van der Waals surface area (Å²) in [6, 6.07) is 47.5. The van der Waals surface area contributed by atoms with Crippen molar-refractivity contribution in [2.24, 2.45) is 17.2 Å². The number of nitrogens with two attached hydrogens (primary N) is 3. The maximum absolute atomic E-state index is 12.3. The highest BCUT2D eigenvalue weighted by Gasteiger charge is 2.29. The van der Waals surface area contributed by atoms with Crippen LogP contribution >= 0.6 is 58.0 Å². The maximum atomic E-state index is 12.3. The average Bonchev–Trinajstić information content (AvgIpc) is 2.20. The highest BCUT2D eigenvalue weighted by Crippen LogP contribution is 2.34. The van der Waals surface area contributed by atoms with Crippen LogP contribution in [-0.2, 0) is 22.7 Å². The van der Waals surface area contributed by atoms with Crippen LogP contribution in [0.3, 0.4) is 0 Å². The molecule has 21 heteroatoms. The minimum absolute atomic E-state index is 0.0997. The number of hydrogen-bond donors (Lipinski definition) is 4. The first-order valence-corrected chi connectivity index (χ1v) is 31.3. The molecule has 2 aromatic heterocycles. The topological polar surface area (TPSA) is 195 Å². The number of anilines is 1. The van der Waals surface area contributed by atoms with E-state index in [1.807, 2.05) is 130 Å². The molecule has 2 fully saturated rings. The monoisotopic (exact) mass is 1270 g/mol. The second-order valence-corrected chi connectivity index (χ2v) is 24.7. The van der Waals surface area contributed by atoms with Crippen LogP contribution in [0.1, 0.15) is 71.7 Å². The van der Waals surface area contributed by atoms with Gasteiger partial charge in [0.25, 0.3) is 0 Å². The number of nitrogens with one attached hydrogen (secondary N) is 1. The molecule has 0 radical (unpaired) electrons. The largest absolute Gasteiger partial charge is 0.368 e. The Kier molecular flexibility index (Phi) is 25.3. The molecule has 6 aromatic carbocycles. The minimum Gasteiger partial charge on any atom is -0.368 e. The Hall–Kier alpha value is -6.09. The van der Waals surface area contributed by atoms with Crippen molar-refractivity contribution in [2.75, 3.05) is 99.0 Å². The minimum atomic E-state index is -0.507. The fraction of sp³-hybridized carbons (Fsp3) is 0.364. The Balaban J connectivity index is 0.000000197. The number of para-hydroxylation sites is 2. The molecule has 2 aliphatic rings. The van der Waals surface area contributed by atoms with Gasteiger partial charge in [0.05, 0.1) is 42.2 Å². The lowest BCUT2D eigenvalue weighted by Crippen LogP contribution is -2.47. The van der Waals surface area contributed by atoms with E-state index >= 15 is 0 Å². The highest BCUT2D eigenvalue weighted by atomic mass is 35.5. The zero-order valence-electron chi connectivity index (χ0n) is 49.9. The van der Waals surface area contributed by atoms with Gasteiger partial charge in [0.2, 0.25) is 11.8 Å². The zero-order valence-corrected chi connectivity index (χ0v) is 53.7. The number of piperazine rings is 2. The lowest BCUT2D eigenvalue weighted by molar-refractivity contribution is -0.120. The Morgan fingerprint density at radius 2 is 0.851 bits per heavy atom. The molecule has 0 saturated carbocycles. The van der Waals surface area contributed by atoms with Crippen LogP contribution in [-0.4, -0.2) is 167 Å². The van der Waals surface area contributed by atoms with Gasteiger partial charge in [0.15, 0.2) is 0 Å². The van der Waals surface area contributed by atoms with Gasteiger partial charge in [-0.15, -0.1) is 0 Å². The van der Waals surface area contributed by atoms with Crippen LogP contribution in [0.25, 0.3) is 21.8 Å². The van der Waals surface area contributed by atoms with E-state index in [0.29, 0.717) is 36.9 Å². The molecule has 7 N–H and O–H groups in total. The van der Waals surface area contributed by atoms with Crippen LogP contribution < -0.4 is 22.5 Å². The van der Waals surface area contributed by atoms with Gasteiger partial charge in [0.1, 0.15) is 28.7 Å². The third kappa shape index (κ3) is 20.0. The summed E-state index contributed by atoms with van der Waals surface area (Å²) in [6.07, 6.45) is 3.07.